The molecule has 0 saturated carbocycles. The zero-order valence-electron chi connectivity index (χ0n) is 10.3. The number of sulfonamides is 1. The molecule has 108 valence electrons. The Morgan fingerprint density at radius 3 is 2.57 bits per heavy atom. The van der Waals surface area contributed by atoms with Crippen LogP contribution in [0.25, 0.3) is 0 Å². The summed E-state index contributed by atoms with van der Waals surface area (Å²) in [6.45, 7) is 0. The molecule has 0 aliphatic carbocycles. The molecule has 0 aliphatic rings. The van der Waals surface area contributed by atoms with E-state index in [9.17, 15) is 12.8 Å². The molecule has 0 bridgehead atoms. The van der Waals surface area contributed by atoms with Crippen LogP contribution >= 0.6 is 23.2 Å². The van der Waals surface area contributed by atoms with Gasteiger partial charge in [0, 0.05) is 5.02 Å². The van der Waals surface area contributed by atoms with Crippen LogP contribution in [0.15, 0.2) is 41.3 Å². The van der Waals surface area contributed by atoms with Crippen LogP contribution in [0, 0.1) is 17.1 Å². The number of halogens is 3. The van der Waals surface area contributed by atoms with Crippen molar-refractivity contribution in [3.05, 3.63) is 57.8 Å². The van der Waals surface area contributed by atoms with Crippen LogP contribution in [-0.4, -0.2) is 8.42 Å². The fraction of sp³-hybridized carbons (Fsp3) is 0. The lowest BCUT2D eigenvalue weighted by atomic mass is 10.2. The van der Waals surface area contributed by atoms with Crippen LogP contribution in [0.4, 0.5) is 10.1 Å². The Labute approximate surface area is 130 Å². The Hall–Kier alpha value is -1.81. The summed E-state index contributed by atoms with van der Waals surface area (Å²) in [5, 5.41) is 9.30. The summed E-state index contributed by atoms with van der Waals surface area (Å²) < 4.78 is 40.2. The Balaban J connectivity index is 2.52. The first-order valence-electron chi connectivity index (χ1n) is 5.51. The summed E-state index contributed by atoms with van der Waals surface area (Å²) in [7, 11) is -4.17. The molecule has 0 heterocycles. The summed E-state index contributed by atoms with van der Waals surface area (Å²) in [5.41, 5.74) is -0.527. The molecule has 0 spiro atoms. The second kappa shape index (κ2) is 5.90. The van der Waals surface area contributed by atoms with Crippen molar-refractivity contribution in [2.24, 2.45) is 0 Å². The van der Waals surface area contributed by atoms with Crippen molar-refractivity contribution in [2.75, 3.05) is 4.72 Å². The molecule has 0 saturated heterocycles. The Morgan fingerprint density at radius 2 is 1.90 bits per heavy atom. The van der Waals surface area contributed by atoms with E-state index in [0.717, 1.165) is 12.1 Å². The maximum absolute atomic E-state index is 13.5. The highest BCUT2D eigenvalue weighted by molar-refractivity contribution is 7.92. The molecule has 0 aliphatic heterocycles. The zero-order valence-corrected chi connectivity index (χ0v) is 12.6. The summed E-state index contributed by atoms with van der Waals surface area (Å²) in [6.07, 6.45) is 0. The summed E-state index contributed by atoms with van der Waals surface area (Å²) in [4.78, 5) is -0.471. The smallest absolute Gasteiger partial charge is 0.263 e. The maximum atomic E-state index is 13.5. The van der Waals surface area contributed by atoms with Gasteiger partial charge in [-0.05, 0) is 30.3 Å². The largest absolute Gasteiger partial charge is 0.278 e. The lowest BCUT2D eigenvalue weighted by Crippen LogP contribution is -2.15. The van der Waals surface area contributed by atoms with Crippen molar-refractivity contribution >= 4 is 38.9 Å². The van der Waals surface area contributed by atoms with Gasteiger partial charge in [-0.15, -0.1) is 0 Å². The van der Waals surface area contributed by atoms with E-state index >= 15 is 0 Å². The highest BCUT2D eigenvalue weighted by atomic mass is 35.5. The minimum atomic E-state index is -4.17. The number of benzene rings is 2. The van der Waals surface area contributed by atoms with Crippen LogP contribution in [0.3, 0.4) is 0 Å². The third-order valence-corrected chi connectivity index (χ3v) is 4.52. The molecule has 4 nitrogen and oxygen atoms in total. The average molecular weight is 345 g/mol. The van der Waals surface area contributed by atoms with Crippen molar-refractivity contribution in [1.82, 2.24) is 0 Å². The van der Waals surface area contributed by atoms with E-state index in [1.807, 2.05) is 0 Å². The number of rotatable bonds is 3. The Bertz CT molecular complexity index is 848. The highest BCUT2D eigenvalue weighted by Crippen LogP contribution is 2.28. The molecule has 1 N–H and O–H groups in total. The second-order valence-electron chi connectivity index (χ2n) is 3.95. The zero-order chi connectivity index (χ0) is 15.6. The van der Waals surface area contributed by atoms with E-state index in [-0.39, 0.29) is 15.7 Å². The van der Waals surface area contributed by atoms with Gasteiger partial charge >= 0.3 is 0 Å². The third-order valence-electron chi connectivity index (χ3n) is 2.55. The van der Waals surface area contributed by atoms with Crippen LogP contribution in [0.5, 0.6) is 0 Å². The van der Waals surface area contributed by atoms with Gasteiger partial charge in [0.2, 0.25) is 0 Å². The predicted molar refractivity (Wildman–Crippen MR) is 78.4 cm³/mol. The molecule has 2 rings (SSSR count). The van der Waals surface area contributed by atoms with Gasteiger partial charge in [-0.3, -0.25) is 4.72 Å². The van der Waals surface area contributed by atoms with E-state index in [2.05, 4.69) is 4.72 Å². The minimum Gasteiger partial charge on any atom is -0.278 e. The number of hydrogen-bond acceptors (Lipinski definition) is 3. The monoisotopic (exact) mass is 344 g/mol. The third kappa shape index (κ3) is 3.27. The number of nitrogens with zero attached hydrogens (tertiary/aromatic N) is 1. The fourth-order valence-corrected chi connectivity index (χ4v) is 3.24. The van der Waals surface area contributed by atoms with E-state index < -0.39 is 26.3 Å². The number of anilines is 1. The average Bonchev–Trinajstić information content (AvgIpc) is 2.42. The van der Waals surface area contributed by atoms with Crippen molar-refractivity contribution < 1.29 is 12.8 Å². The van der Waals surface area contributed by atoms with E-state index in [1.165, 1.54) is 30.3 Å². The van der Waals surface area contributed by atoms with Crippen molar-refractivity contribution in [2.45, 2.75) is 4.90 Å². The molecule has 0 radical (unpaired) electrons. The molecule has 0 unspecified atom stereocenters. The predicted octanol–water partition coefficient (Wildman–Crippen LogP) is 3.80. The number of nitrogens with one attached hydrogen (secondary N) is 1. The summed E-state index contributed by atoms with van der Waals surface area (Å²) in [5.74, 6) is -0.919. The van der Waals surface area contributed by atoms with Crippen LogP contribution < -0.4 is 4.72 Å². The topological polar surface area (TPSA) is 70.0 Å². The van der Waals surface area contributed by atoms with Crippen molar-refractivity contribution in [1.29, 1.82) is 5.26 Å². The molecule has 0 aromatic heterocycles. The van der Waals surface area contributed by atoms with E-state index in [0.29, 0.717) is 0 Å². The first kappa shape index (κ1) is 15.6. The van der Waals surface area contributed by atoms with Gasteiger partial charge in [0.15, 0.2) is 0 Å². The molecule has 0 fully saturated rings. The van der Waals surface area contributed by atoms with Gasteiger partial charge in [-0.1, -0.05) is 29.3 Å². The molecule has 2 aromatic carbocycles. The van der Waals surface area contributed by atoms with Gasteiger partial charge in [0.25, 0.3) is 10.0 Å². The van der Waals surface area contributed by atoms with Crippen LogP contribution in [0.1, 0.15) is 5.56 Å². The quantitative estimate of drug-likeness (QED) is 0.920. The standard InChI is InChI=1S/C13H7Cl2FN2O2S/c14-8-4-5-10(15)12(6-8)18-21(19,20)13-3-1-2-11(16)9(13)7-17/h1-6,18H. The molecule has 8 heteroatoms. The van der Waals surface area contributed by atoms with Crippen molar-refractivity contribution in [3.63, 3.8) is 0 Å². The van der Waals surface area contributed by atoms with Crippen molar-refractivity contribution in [3.8, 4) is 6.07 Å². The van der Waals surface area contributed by atoms with Crippen LogP contribution in [-0.2, 0) is 10.0 Å². The SMILES string of the molecule is N#Cc1c(F)cccc1S(=O)(=O)Nc1cc(Cl)ccc1Cl. The fourth-order valence-electron chi connectivity index (χ4n) is 1.61. The molecule has 0 amide bonds. The number of hydrogen-bond donors (Lipinski definition) is 1. The van der Waals surface area contributed by atoms with Gasteiger partial charge in [-0.25, -0.2) is 12.8 Å². The Morgan fingerprint density at radius 1 is 1.19 bits per heavy atom. The highest BCUT2D eigenvalue weighted by Gasteiger charge is 2.22. The first-order valence-corrected chi connectivity index (χ1v) is 7.75. The molecular weight excluding hydrogens is 338 g/mol. The normalized spacial score (nSPS) is 11.0. The van der Waals surface area contributed by atoms with Gasteiger partial charge in [0.05, 0.1) is 10.7 Å². The lowest BCUT2D eigenvalue weighted by molar-refractivity contribution is 0.593. The second-order valence-corrected chi connectivity index (χ2v) is 6.45. The number of nitriles is 1. The molecule has 21 heavy (non-hydrogen) atoms. The van der Waals surface area contributed by atoms with Gasteiger partial charge < -0.3 is 0 Å². The van der Waals surface area contributed by atoms with Crippen LogP contribution in [0.2, 0.25) is 10.0 Å². The summed E-state index contributed by atoms with van der Waals surface area (Å²) >= 11 is 11.6. The maximum Gasteiger partial charge on any atom is 0.263 e. The molecule has 0 atom stereocenters. The van der Waals surface area contributed by atoms with Gasteiger partial charge in [-0.2, -0.15) is 5.26 Å². The minimum absolute atomic E-state index is 0.0392. The Kier molecular flexibility index (Phi) is 4.37. The summed E-state index contributed by atoms with van der Waals surface area (Å²) in [6, 6.07) is 9.08. The first-order chi connectivity index (χ1) is 9.85. The van der Waals surface area contributed by atoms with E-state index in [1.54, 1.807) is 0 Å². The molecule has 2 aromatic rings. The molecular formula is C13H7Cl2FN2O2S. The lowest BCUT2D eigenvalue weighted by Gasteiger charge is -2.11. The van der Waals surface area contributed by atoms with Gasteiger partial charge in [0.1, 0.15) is 22.3 Å². The van der Waals surface area contributed by atoms with E-state index in [4.69, 9.17) is 28.5 Å².